The maximum atomic E-state index is 11.5. The van der Waals surface area contributed by atoms with Gasteiger partial charge in [0.1, 0.15) is 0 Å². The van der Waals surface area contributed by atoms with Gasteiger partial charge in [0.15, 0.2) is 0 Å². The van der Waals surface area contributed by atoms with Crippen molar-refractivity contribution < 1.29 is 19.2 Å². The van der Waals surface area contributed by atoms with Crippen molar-refractivity contribution in [3.05, 3.63) is 46.0 Å². The maximum absolute atomic E-state index is 11.5. The lowest BCUT2D eigenvalue weighted by atomic mass is 10.1. The zero-order valence-electron chi connectivity index (χ0n) is 10.4. The number of hydrogen-bond donors (Lipinski definition) is 1. The van der Waals surface area contributed by atoms with Crippen molar-refractivity contribution in [2.45, 2.75) is 6.92 Å². The van der Waals surface area contributed by atoms with Crippen molar-refractivity contribution in [2.24, 2.45) is 0 Å². The van der Waals surface area contributed by atoms with Crippen LogP contribution in [0.2, 0.25) is 0 Å². The molecule has 0 aliphatic carbocycles. The summed E-state index contributed by atoms with van der Waals surface area (Å²) in [7, 11) is 1.19. The number of rotatable bonds is 4. The molecule has 100 valence electrons. The average molecular weight is 264 g/mol. The van der Waals surface area contributed by atoms with E-state index in [9.17, 15) is 19.7 Å². The monoisotopic (exact) mass is 264 g/mol. The number of amides is 1. The minimum absolute atomic E-state index is 0.0882. The fourth-order valence-electron chi connectivity index (χ4n) is 1.34. The summed E-state index contributed by atoms with van der Waals surface area (Å²) >= 11 is 0. The van der Waals surface area contributed by atoms with Gasteiger partial charge in [0.05, 0.1) is 23.3 Å². The molecule has 0 aromatic heterocycles. The Morgan fingerprint density at radius 2 is 2.05 bits per heavy atom. The number of methoxy groups -OCH3 is 1. The molecule has 0 heterocycles. The minimum atomic E-state index is -0.661. The van der Waals surface area contributed by atoms with E-state index in [1.165, 1.54) is 32.2 Å². The molecule has 1 aromatic rings. The Morgan fingerprint density at radius 1 is 1.37 bits per heavy atom. The largest absolute Gasteiger partial charge is 0.466 e. The van der Waals surface area contributed by atoms with Crippen molar-refractivity contribution in [1.82, 2.24) is 0 Å². The summed E-state index contributed by atoms with van der Waals surface area (Å²) in [4.78, 5) is 32.5. The Balaban J connectivity index is 2.86. The van der Waals surface area contributed by atoms with Crippen LogP contribution in [0, 0.1) is 17.0 Å². The third-order valence-electron chi connectivity index (χ3n) is 2.33. The van der Waals surface area contributed by atoms with E-state index >= 15 is 0 Å². The van der Waals surface area contributed by atoms with Crippen LogP contribution in [0.3, 0.4) is 0 Å². The number of nitrogens with one attached hydrogen (secondary N) is 1. The Bertz CT molecular complexity index is 551. The number of nitro groups is 1. The van der Waals surface area contributed by atoms with Gasteiger partial charge in [-0.15, -0.1) is 0 Å². The second-order valence-corrected chi connectivity index (χ2v) is 3.55. The van der Waals surface area contributed by atoms with Crippen molar-refractivity contribution in [1.29, 1.82) is 0 Å². The number of nitrogens with zero attached hydrogens (tertiary/aromatic N) is 1. The second-order valence-electron chi connectivity index (χ2n) is 3.55. The quantitative estimate of drug-likeness (QED) is 0.385. The smallest absolute Gasteiger partial charge is 0.330 e. The molecule has 0 spiro atoms. The highest BCUT2D eigenvalue weighted by Crippen LogP contribution is 2.24. The van der Waals surface area contributed by atoms with E-state index in [1.807, 2.05) is 0 Å². The summed E-state index contributed by atoms with van der Waals surface area (Å²) in [6, 6.07) is 4.34. The zero-order valence-corrected chi connectivity index (χ0v) is 10.4. The molecule has 0 radical (unpaired) electrons. The summed E-state index contributed by atoms with van der Waals surface area (Å²) in [5.74, 6) is -1.24. The fourth-order valence-corrected chi connectivity index (χ4v) is 1.34. The number of esters is 1. The van der Waals surface area contributed by atoms with Crippen molar-refractivity contribution in [3.63, 3.8) is 0 Å². The predicted molar refractivity (Wildman–Crippen MR) is 67.6 cm³/mol. The van der Waals surface area contributed by atoms with Crippen molar-refractivity contribution in [2.75, 3.05) is 12.4 Å². The molecule has 7 nitrogen and oxygen atoms in total. The number of benzene rings is 1. The summed E-state index contributed by atoms with van der Waals surface area (Å²) < 4.78 is 4.33. The Kier molecular flexibility index (Phi) is 4.76. The van der Waals surface area contributed by atoms with E-state index in [1.54, 1.807) is 0 Å². The van der Waals surface area contributed by atoms with Crippen LogP contribution in [0.1, 0.15) is 5.56 Å². The molecule has 0 saturated carbocycles. The second kappa shape index (κ2) is 6.29. The van der Waals surface area contributed by atoms with Crippen LogP contribution < -0.4 is 5.32 Å². The van der Waals surface area contributed by atoms with Crippen LogP contribution >= 0.6 is 0 Å². The van der Waals surface area contributed by atoms with E-state index in [4.69, 9.17) is 0 Å². The third kappa shape index (κ3) is 3.91. The van der Waals surface area contributed by atoms with Gasteiger partial charge in [0.2, 0.25) is 5.91 Å². The molecule has 0 saturated heterocycles. The molecule has 0 unspecified atom stereocenters. The average Bonchev–Trinajstić information content (AvgIpc) is 2.38. The van der Waals surface area contributed by atoms with Gasteiger partial charge in [-0.3, -0.25) is 14.9 Å². The highest BCUT2D eigenvalue weighted by Gasteiger charge is 2.13. The number of carbonyl (C=O) groups is 2. The van der Waals surface area contributed by atoms with Gasteiger partial charge in [-0.05, 0) is 13.0 Å². The van der Waals surface area contributed by atoms with Gasteiger partial charge in [-0.2, -0.15) is 0 Å². The molecule has 0 atom stereocenters. The van der Waals surface area contributed by atoms with Crippen LogP contribution in [0.4, 0.5) is 11.4 Å². The highest BCUT2D eigenvalue weighted by molar-refractivity contribution is 6.03. The number of hydrogen-bond acceptors (Lipinski definition) is 5. The Morgan fingerprint density at radius 3 is 2.63 bits per heavy atom. The first kappa shape index (κ1) is 14.4. The summed E-state index contributed by atoms with van der Waals surface area (Å²) in [6.45, 7) is 1.53. The van der Waals surface area contributed by atoms with Gasteiger partial charge in [0.25, 0.3) is 5.69 Å². The van der Waals surface area contributed by atoms with Gasteiger partial charge in [-0.1, -0.05) is 6.07 Å². The summed E-state index contributed by atoms with van der Waals surface area (Å²) in [6.07, 6.45) is 1.95. The molecule has 7 heteroatoms. The summed E-state index contributed by atoms with van der Waals surface area (Å²) in [5.41, 5.74) is 0.566. The van der Waals surface area contributed by atoms with Crippen LogP contribution in [-0.4, -0.2) is 23.9 Å². The lowest BCUT2D eigenvalue weighted by molar-refractivity contribution is -0.385. The Hall–Kier alpha value is -2.70. The van der Waals surface area contributed by atoms with E-state index < -0.39 is 16.8 Å². The number of nitro benzene ring substituents is 1. The van der Waals surface area contributed by atoms with Gasteiger partial charge >= 0.3 is 5.97 Å². The summed E-state index contributed by atoms with van der Waals surface area (Å²) in [5, 5.41) is 13.2. The number of anilines is 1. The fraction of sp³-hybridized carbons (Fsp3) is 0.167. The number of carbonyl (C=O) groups excluding carboxylic acids is 2. The van der Waals surface area contributed by atoms with Crippen molar-refractivity contribution >= 4 is 23.3 Å². The topological polar surface area (TPSA) is 98.5 Å². The zero-order chi connectivity index (χ0) is 14.4. The SMILES string of the molecule is COC(=O)/C=C\C(=O)Nc1cccc([N+](=O)[O-])c1C. The first-order valence-electron chi connectivity index (χ1n) is 5.26. The third-order valence-corrected chi connectivity index (χ3v) is 2.33. The molecule has 1 N–H and O–H groups in total. The highest BCUT2D eigenvalue weighted by atomic mass is 16.6. The molecule has 0 aliphatic heterocycles. The molecule has 1 amide bonds. The van der Waals surface area contributed by atoms with E-state index in [0.29, 0.717) is 11.3 Å². The molecular formula is C12H12N2O5. The predicted octanol–water partition coefficient (Wildman–Crippen LogP) is 1.57. The molecule has 1 rings (SSSR count). The van der Waals surface area contributed by atoms with E-state index in [0.717, 1.165) is 12.2 Å². The molecule has 0 bridgehead atoms. The molecular weight excluding hydrogens is 252 g/mol. The Labute approximate surface area is 109 Å². The van der Waals surface area contributed by atoms with Crippen molar-refractivity contribution in [3.8, 4) is 0 Å². The van der Waals surface area contributed by atoms with E-state index in [-0.39, 0.29) is 5.69 Å². The van der Waals surface area contributed by atoms with Crippen LogP contribution in [0.25, 0.3) is 0 Å². The first-order valence-corrected chi connectivity index (χ1v) is 5.26. The lowest BCUT2D eigenvalue weighted by Crippen LogP contribution is -2.10. The number of ether oxygens (including phenoxy) is 1. The maximum Gasteiger partial charge on any atom is 0.330 e. The molecule has 1 aromatic carbocycles. The van der Waals surface area contributed by atoms with Crippen LogP contribution in [0.15, 0.2) is 30.4 Å². The molecule has 19 heavy (non-hydrogen) atoms. The van der Waals surface area contributed by atoms with Gasteiger partial charge < -0.3 is 10.1 Å². The lowest BCUT2D eigenvalue weighted by Gasteiger charge is -2.06. The van der Waals surface area contributed by atoms with E-state index in [2.05, 4.69) is 10.1 Å². The standard InChI is InChI=1S/C12H12N2O5/c1-8-9(4-3-5-10(8)14(17)18)13-11(15)6-7-12(16)19-2/h3-7H,1-2H3,(H,13,15)/b7-6-. The van der Waals surface area contributed by atoms with Crippen LogP contribution in [-0.2, 0) is 14.3 Å². The molecule has 0 aliphatic rings. The first-order chi connectivity index (χ1) is 8.95. The van der Waals surface area contributed by atoms with Gasteiger partial charge in [-0.25, -0.2) is 4.79 Å². The minimum Gasteiger partial charge on any atom is -0.466 e. The van der Waals surface area contributed by atoms with Crippen LogP contribution in [0.5, 0.6) is 0 Å². The van der Waals surface area contributed by atoms with Gasteiger partial charge in [0, 0.05) is 18.2 Å². The molecule has 0 fully saturated rings. The normalized spacial score (nSPS) is 10.2.